The van der Waals surface area contributed by atoms with Crippen molar-refractivity contribution in [3.05, 3.63) is 83.3 Å². The SMILES string of the molecule is COC(CN=C/C(=C\N)c1cc(F)c(F)c(F)c1)C(OC(CO)C(C)O)SC1CCCC(n2cc(-c3cc(F)c(F)c(F)c3)cn2)C1O. The van der Waals surface area contributed by atoms with Gasteiger partial charge in [-0.15, -0.1) is 11.8 Å². The Morgan fingerprint density at radius 2 is 1.67 bits per heavy atom. The second kappa shape index (κ2) is 16.8. The molecule has 1 aliphatic rings. The first kappa shape index (κ1) is 37.4. The van der Waals surface area contributed by atoms with Crippen LogP contribution >= 0.6 is 11.8 Å². The second-order valence-corrected chi connectivity index (χ2v) is 12.6. The van der Waals surface area contributed by atoms with E-state index in [9.17, 15) is 41.7 Å². The fourth-order valence-corrected chi connectivity index (χ4v) is 6.84. The summed E-state index contributed by atoms with van der Waals surface area (Å²) in [6.07, 6.45) is 2.84. The van der Waals surface area contributed by atoms with Crippen LogP contribution in [0.4, 0.5) is 26.3 Å². The molecule has 0 bridgehead atoms. The van der Waals surface area contributed by atoms with Gasteiger partial charge < -0.3 is 30.5 Å². The molecule has 1 aliphatic carbocycles. The zero-order valence-corrected chi connectivity index (χ0v) is 26.8. The summed E-state index contributed by atoms with van der Waals surface area (Å²) in [6.45, 7) is 0.795. The summed E-state index contributed by atoms with van der Waals surface area (Å²) >= 11 is 1.19. The Morgan fingerprint density at radius 3 is 2.23 bits per heavy atom. The molecular weight excluding hydrogens is 666 g/mol. The first-order chi connectivity index (χ1) is 22.9. The number of aliphatic imine (C=N–C) groups is 1. The largest absolute Gasteiger partial charge is 0.404 e. The summed E-state index contributed by atoms with van der Waals surface area (Å²) < 4.78 is 95.4. The van der Waals surface area contributed by atoms with Crippen molar-refractivity contribution in [3.8, 4) is 11.1 Å². The number of aromatic nitrogens is 2. The zero-order chi connectivity index (χ0) is 35.1. The van der Waals surface area contributed by atoms with E-state index in [4.69, 9.17) is 15.2 Å². The maximum Gasteiger partial charge on any atom is 0.194 e. The van der Waals surface area contributed by atoms with Crippen molar-refractivity contribution >= 4 is 23.5 Å². The molecule has 0 amide bonds. The quantitative estimate of drug-likeness (QED) is 0.0820. The number of methoxy groups -OCH3 is 1. The number of rotatable bonds is 14. The van der Waals surface area contributed by atoms with Gasteiger partial charge in [0.15, 0.2) is 34.9 Å². The van der Waals surface area contributed by atoms with Gasteiger partial charge >= 0.3 is 0 Å². The van der Waals surface area contributed by atoms with E-state index in [0.717, 1.165) is 30.5 Å². The highest BCUT2D eigenvalue weighted by molar-refractivity contribution is 8.00. The average molecular weight is 703 g/mol. The summed E-state index contributed by atoms with van der Waals surface area (Å²) in [7, 11) is 1.38. The Morgan fingerprint density at radius 1 is 1.04 bits per heavy atom. The molecule has 1 saturated carbocycles. The minimum atomic E-state index is -1.63. The average Bonchev–Trinajstić information content (AvgIpc) is 3.55. The lowest BCUT2D eigenvalue weighted by atomic mass is 9.92. The molecule has 0 saturated heterocycles. The number of halogens is 6. The standard InChI is InChI=1S/C32H36F6N4O5S/c1-16(44)27(15-43)47-32(26(46-2)13-40-11-19(10-39)17-6-21(33)29(37)22(34)7-17)48-28-5-3-4-25(31(28)45)42-14-20(12-41-42)18-8-23(35)30(38)24(36)9-18/h6-12,14,16,25-28,31-32,43-45H,3-5,13,15,39H2,1-2H3/b19-10+,40-11?. The number of benzene rings is 2. The molecule has 2 aromatic carbocycles. The molecule has 7 atom stereocenters. The maximum absolute atomic E-state index is 13.8. The highest BCUT2D eigenvalue weighted by Crippen LogP contribution is 2.39. The molecule has 0 spiro atoms. The van der Waals surface area contributed by atoms with E-state index >= 15 is 0 Å². The van der Waals surface area contributed by atoms with Crippen LogP contribution in [0.3, 0.4) is 0 Å². The van der Waals surface area contributed by atoms with Crippen LogP contribution in [0, 0.1) is 34.9 Å². The van der Waals surface area contributed by atoms with E-state index in [1.54, 1.807) is 0 Å². The number of allylic oxidation sites excluding steroid dienone is 1. The van der Waals surface area contributed by atoms with Crippen LogP contribution in [0.25, 0.3) is 16.7 Å². The number of hydrogen-bond donors (Lipinski definition) is 4. The fraction of sp³-hybridized carbons (Fsp3) is 0.438. The molecule has 7 unspecified atom stereocenters. The molecule has 262 valence electrons. The summed E-state index contributed by atoms with van der Waals surface area (Å²) in [5.41, 5.74) is 5.13. The zero-order valence-electron chi connectivity index (χ0n) is 25.9. The highest BCUT2D eigenvalue weighted by atomic mass is 32.2. The second-order valence-electron chi connectivity index (χ2n) is 11.2. The van der Waals surface area contributed by atoms with Crippen molar-refractivity contribution in [2.75, 3.05) is 20.3 Å². The van der Waals surface area contributed by atoms with Gasteiger partial charge in [-0.25, -0.2) is 26.3 Å². The molecular formula is C32H36F6N4O5S. The Labute approximate surface area is 277 Å². The number of aliphatic hydroxyl groups excluding tert-OH is 3. The van der Waals surface area contributed by atoms with Gasteiger partial charge in [-0.3, -0.25) is 9.67 Å². The predicted octanol–water partition coefficient (Wildman–Crippen LogP) is 4.74. The maximum atomic E-state index is 13.8. The molecule has 4 rings (SSSR count). The van der Waals surface area contributed by atoms with Crippen molar-refractivity contribution in [1.29, 1.82) is 0 Å². The predicted molar refractivity (Wildman–Crippen MR) is 168 cm³/mol. The fourth-order valence-electron chi connectivity index (χ4n) is 5.27. The van der Waals surface area contributed by atoms with Gasteiger partial charge in [0.05, 0.1) is 37.6 Å². The molecule has 16 heteroatoms. The van der Waals surface area contributed by atoms with Gasteiger partial charge in [0.25, 0.3) is 0 Å². The van der Waals surface area contributed by atoms with Gasteiger partial charge in [-0.1, -0.05) is 6.42 Å². The van der Waals surface area contributed by atoms with Crippen molar-refractivity contribution in [1.82, 2.24) is 9.78 Å². The summed E-state index contributed by atoms with van der Waals surface area (Å²) in [4.78, 5) is 4.29. The van der Waals surface area contributed by atoms with Crippen LogP contribution in [-0.4, -0.2) is 86.7 Å². The Bertz CT molecular complexity index is 1560. The molecule has 48 heavy (non-hydrogen) atoms. The topological polar surface area (TPSA) is 135 Å². The third-order valence-corrected chi connectivity index (χ3v) is 9.52. The summed E-state index contributed by atoms with van der Waals surface area (Å²) in [5, 5.41) is 35.3. The molecule has 5 N–H and O–H groups in total. The van der Waals surface area contributed by atoms with Gasteiger partial charge in [0, 0.05) is 42.1 Å². The number of hydrogen-bond acceptors (Lipinski definition) is 9. The molecule has 1 aromatic heterocycles. The molecule has 9 nitrogen and oxygen atoms in total. The third-order valence-electron chi connectivity index (χ3n) is 7.98. The normalized spacial score (nSPS) is 21.4. The number of ether oxygens (including phenoxy) is 2. The number of nitrogens with zero attached hydrogens (tertiary/aromatic N) is 3. The molecule has 1 heterocycles. The number of nitrogens with two attached hydrogens (primary N) is 1. The van der Waals surface area contributed by atoms with Crippen LogP contribution in [-0.2, 0) is 9.47 Å². The van der Waals surface area contributed by atoms with E-state index in [2.05, 4.69) is 10.1 Å². The van der Waals surface area contributed by atoms with Crippen molar-refractivity contribution in [2.45, 2.75) is 67.3 Å². The van der Waals surface area contributed by atoms with Crippen LogP contribution in [0.2, 0.25) is 0 Å². The lowest BCUT2D eigenvalue weighted by Crippen LogP contribution is -2.44. The van der Waals surface area contributed by atoms with Crippen LogP contribution in [0.15, 0.2) is 47.9 Å². The Kier molecular flexibility index (Phi) is 13.1. The lowest BCUT2D eigenvalue weighted by Gasteiger charge is -2.38. The highest BCUT2D eigenvalue weighted by Gasteiger charge is 2.38. The number of thioether (sulfide) groups is 1. The van der Waals surface area contributed by atoms with Crippen molar-refractivity contribution in [3.63, 3.8) is 0 Å². The lowest BCUT2D eigenvalue weighted by molar-refractivity contribution is -0.0997. The van der Waals surface area contributed by atoms with E-state index < -0.39 is 82.7 Å². The smallest absolute Gasteiger partial charge is 0.194 e. The third kappa shape index (κ3) is 8.78. The van der Waals surface area contributed by atoms with Gasteiger partial charge in [0.1, 0.15) is 17.6 Å². The van der Waals surface area contributed by atoms with Crippen molar-refractivity contribution < 1.29 is 51.1 Å². The minimum absolute atomic E-state index is 0.0592. The Balaban J connectivity index is 1.53. The van der Waals surface area contributed by atoms with Gasteiger partial charge in [-0.05, 0) is 55.2 Å². The monoisotopic (exact) mass is 702 g/mol. The molecule has 0 radical (unpaired) electrons. The van der Waals surface area contributed by atoms with Gasteiger partial charge in [-0.2, -0.15) is 5.10 Å². The van der Waals surface area contributed by atoms with Crippen molar-refractivity contribution in [2.24, 2.45) is 10.7 Å². The van der Waals surface area contributed by atoms with Crippen LogP contribution < -0.4 is 5.73 Å². The molecule has 1 fully saturated rings. The molecule has 3 aromatic rings. The van der Waals surface area contributed by atoms with E-state index in [1.165, 1.54) is 49.1 Å². The van der Waals surface area contributed by atoms with E-state index in [1.807, 2.05) is 0 Å². The summed E-state index contributed by atoms with van der Waals surface area (Å²) in [6, 6.07) is 2.69. The summed E-state index contributed by atoms with van der Waals surface area (Å²) in [5.74, 6) is -8.71. The van der Waals surface area contributed by atoms with Crippen LogP contribution in [0.1, 0.15) is 37.8 Å². The van der Waals surface area contributed by atoms with E-state index in [-0.39, 0.29) is 23.2 Å². The molecule has 0 aliphatic heterocycles. The number of aliphatic hydroxyl groups is 3. The minimum Gasteiger partial charge on any atom is -0.404 e. The van der Waals surface area contributed by atoms with E-state index in [0.29, 0.717) is 24.8 Å². The Hall–Kier alpha value is -3.41. The van der Waals surface area contributed by atoms with Crippen LogP contribution in [0.5, 0.6) is 0 Å². The first-order valence-electron chi connectivity index (χ1n) is 14.9. The van der Waals surface area contributed by atoms with Gasteiger partial charge in [0.2, 0.25) is 0 Å². The first-order valence-corrected chi connectivity index (χ1v) is 15.9.